The maximum absolute atomic E-state index is 13.0. The van der Waals surface area contributed by atoms with E-state index in [1.54, 1.807) is 23.7 Å². The number of likely N-dealkylation sites (tertiary alicyclic amines) is 1. The molecule has 0 unspecified atom stereocenters. The Morgan fingerprint density at radius 2 is 1.88 bits per heavy atom. The molecule has 1 aliphatic rings. The van der Waals surface area contributed by atoms with E-state index in [1.807, 2.05) is 60.7 Å². The first-order chi connectivity index (χ1) is 15.6. The van der Waals surface area contributed by atoms with Crippen LogP contribution >= 0.6 is 0 Å². The number of benzene rings is 2. The van der Waals surface area contributed by atoms with Gasteiger partial charge in [0.1, 0.15) is 11.4 Å². The van der Waals surface area contributed by atoms with Crippen LogP contribution in [0.4, 0.5) is 0 Å². The molecule has 0 saturated carbocycles. The van der Waals surface area contributed by atoms with E-state index < -0.39 is 0 Å². The Balaban J connectivity index is 1.23. The topological polar surface area (TPSA) is 86.3 Å². The number of nitrogens with zero attached hydrogens (tertiary/aromatic N) is 5. The summed E-state index contributed by atoms with van der Waals surface area (Å²) in [6, 6.07) is 19.4. The van der Waals surface area contributed by atoms with Gasteiger partial charge in [-0.25, -0.2) is 0 Å². The summed E-state index contributed by atoms with van der Waals surface area (Å²) in [5.41, 5.74) is 3.33. The maximum Gasteiger partial charge on any atom is 0.272 e. The zero-order valence-corrected chi connectivity index (χ0v) is 17.9. The molecule has 0 spiro atoms. The van der Waals surface area contributed by atoms with Crippen LogP contribution in [0.1, 0.15) is 33.7 Å². The second-order valence-electron chi connectivity index (χ2n) is 7.85. The van der Waals surface area contributed by atoms with Crippen molar-refractivity contribution in [1.29, 1.82) is 0 Å². The van der Waals surface area contributed by atoms with Crippen molar-refractivity contribution in [2.45, 2.75) is 12.3 Å². The molecule has 32 heavy (non-hydrogen) atoms. The van der Waals surface area contributed by atoms with Gasteiger partial charge < -0.3 is 14.2 Å². The van der Waals surface area contributed by atoms with Crippen LogP contribution in [0.15, 0.2) is 65.2 Å². The third-order valence-corrected chi connectivity index (χ3v) is 5.71. The maximum atomic E-state index is 13.0. The quantitative estimate of drug-likeness (QED) is 0.467. The van der Waals surface area contributed by atoms with Gasteiger partial charge in [0.05, 0.1) is 18.7 Å². The lowest BCUT2D eigenvalue weighted by atomic mass is 9.99. The largest absolute Gasteiger partial charge is 0.496 e. The molecule has 0 aliphatic carbocycles. The van der Waals surface area contributed by atoms with Gasteiger partial charge in [-0.3, -0.25) is 9.48 Å². The zero-order chi connectivity index (χ0) is 22.1. The van der Waals surface area contributed by atoms with Crippen LogP contribution in [0.2, 0.25) is 0 Å². The third-order valence-electron chi connectivity index (χ3n) is 5.71. The summed E-state index contributed by atoms with van der Waals surface area (Å²) in [5.74, 6) is 1.96. The molecule has 1 aliphatic heterocycles. The van der Waals surface area contributed by atoms with E-state index in [1.165, 1.54) is 0 Å². The van der Waals surface area contributed by atoms with Gasteiger partial charge in [-0.2, -0.15) is 10.1 Å². The minimum atomic E-state index is -0.0489. The molecule has 0 bridgehead atoms. The lowest BCUT2D eigenvalue weighted by molar-refractivity contribution is 0.0558. The van der Waals surface area contributed by atoms with Crippen molar-refractivity contribution < 1.29 is 14.1 Å². The number of carbonyl (C=O) groups excluding carboxylic acids is 1. The minimum Gasteiger partial charge on any atom is -0.496 e. The number of ether oxygens (including phenoxy) is 1. The average molecular weight is 429 g/mol. The summed E-state index contributed by atoms with van der Waals surface area (Å²) in [6.45, 7) is 1.09. The minimum absolute atomic E-state index is 0.0414. The zero-order valence-electron chi connectivity index (χ0n) is 17.9. The van der Waals surface area contributed by atoms with Gasteiger partial charge in [-0.05, 0) is 12.1 Å². The summed E-state index contributed by atoms with van der Waals surface area (Å²) in [6.07, 6.45) is 0.528. The van der Waals surface area contributed by atoms with Crippen LogP contribution in [0.25, 0.3) is 11.3 Å². The smallest absolute Gasteiger partial charge is 0.272 e. The van der Waals surface area contributed by atoms with Crippen molar-refractivity contribution in [3.63, 3.8) is 0 Å². The summed E-state index contributed by atoms with van der Waals surface area (Å²) in [4.78, 5) is 19.3. The summed E-state index contributed by atoms with van der Waals surface area (Å²) in [5, 5.41) is 8.60. The molecule has 162 valence electrons. The summed E-state index contributed by atoms with van der Waals surface area (Å²) >= 11 is 0. The van der Waals surface area contributed by atoms with E-state index in [0.717, 1.165) is 22.6 Å². The van der Waals surface area contributed by atoms with Gasteiger partial charge in [0.25, 0.3) is 5.91 Å². The molecule has 8 nitrogen and oxygen atoms in total. The molecule has 1 fully saturated rings. The number of hydrogen-bond acceptors (Lipinski definition) is 6. The normalized spacial score (nSPS) is 13.8. The number of amides is 1. The molecule has 1 amide bonds. The number of carbonyl (C=O) groups is 1. The highest BCUT2D eigenvalue weighted by Gasteiger charge is 2.37. The highest BCUT2D eigenvalue weighted by atomic mass is 16.5. The summed E-state index contributed by atoms with van der Waals surface area (Å²) < 4.78 is 12.5. The van der Waals surface area contributed by atoms with Crippen molar-refractivity contribution in [3.8, 4) is 17.0 Å². The standard InChI is InChI=1S/C24H23N5O3/c1-28-20(13-19(26-28)16-8-4-3-5-9-16)24(30)29-14-18(15-29)23-25-22(27-32-23)12-17-10-6-7-11-21(17)31-2/h3-11,13,18H,12,14-15H2,1-2H3. The van der Waals surface area contributed by atoms with Crippen LogP contribution in [0.5, 0.6) is 5.75 Å². The van der Waals surface area contributed by atoms with Crippen molar-refractivity contribution in [3.05, 3.63) is 83.6 Å². The molecule has 2 aromatic heterocycles. The Hall–Kier alpha value is -3.94. The first kappa shape index (κ1) is 20.0. The highest BCUT2D eigenvalue weighted by Crippen LogP contribution is 2.29. The number of methoxy groups -OCH3 is 1. The molecule has 2 aromatic carbocycles. The fraction of sp³-hybridized carbons (Fsp3) is 0.250. The Bertz CT molecular complexity index is 1240. The van der Waals surface area contributed by atoms with Gasteiger partial charge in [-0.1, -0.05) is 53.7 Å². The fourth-order valence-corrected chi connectivity index (χ4v) is 3.90. The molecule has 0 N–H and O–H groups in total. The SMILES string of the molecule is COc1ccccc1Cc1noc(C2CN(C(=O)c3cc(-c4ccccc4)nn3C)C2)n1. The number of hydrogen-bond donors (Lipinski definition) is 0. The van der Waals surface area contributed by atoms with Crippen LogP contribution in [0, 0.1) is 0 Å². The molecule has 4 aromatic rings. The van der Waals surface area contributed by atoms with Crippen molar-refractivity contribution in [1.82, 2.24) is 24.8 Å². The molecule has 5 rings (SSSR count). The lowest BCUT2D eigenvalue weighted by Crippen LogP contribution is -2.49. The van der Waals surface area contributed by atoms with Gasteiger partial charge >= 0.3 is 0 Å². The predicted molar refractivity (Wildman–Crippen MR) is 117 cm³/mol. The number of aryl methyl sites for hydroxylation is 1. The number of rotatable bonds is 6. The third kappa shape index (κ3) is 3.75. The first-order valence-electron chi connectivity index (χ1n) is 10.5. The van der Waals surface area contributed by atoms with E-state index >= 15 is 0 Å². The van der Waals surface area contributed by atoms with E-state index in [4.69, 9.17) is 9.26 Å². The molecular formula is C24H23N5O3. The Morgan fingerprint density at radius 3 is 2.66 bits per heavy atom. The monoisotopic (exact) mass is 429 g/mol. The van der Waals surface area contributed by atoms with Gasteiger partial charge in [-0.15, -0.1) is 0 Å². The molecule has 3 heterocycles. The van der Waals surface area contributed by atoms with Gasteiger partial charge in [0.2, 0.25) is 5.89 Å². The predicted octanol–water partition coefficient (Wildman–Crippen LogP) is 3.31. The van der Waals surface area contributed by atoms with E-state index in [9.17, 15) is 4.79 Å². The van der Waals surface area contributed by atoms with E-state index in [0.29, 0.717) is 36.9 Å². The Morgan fingerprint density at radius 1 is 1.12 bits per heavy atom. The molecule has 0 radical (unpaired) electrons. The molecular weight excluding hydrogens is 406 g/mol. The Labute approximate surface area is 185 Å². The van der Waals surface area contributed by atoms with Crippen molar-refractivity contribution in [2.75, 3.05) is 20.2 Å². The highest BCUT2D eigenvalue weighted by molar-refractivity contribution is 5.94. The molecule has 8 heteroatoms. The van der Waals surface area contributed by atoms with Crippen LogP contribution in [0.3, 0.4) is 0 Å². The van der Waals surface area contributed by atoms with Crippen molar-refractivity contribution >= 4 is 5.91 Å². The second kappa shape index (κ2) is 8.30. The van der Waals surface area contributed by atoms with Crippen LogP contribution in [-0.2, 0) is 13.5 Å². The van der Waals surface area contributed by atoms with E-state index in [-0.39, 0.29) is 11.8 Å². The van der Waals surface area contributed by atoms with Gasteiger partial charge in [0, 0.05) is 37.7 Å². The van der Waals surface area contributed by atoms with Gasteiger partial charge in [0.15, 0.2) is 5.82 Å². The molecule has 0 atom stereocenters. The second-order valence-corrected chi connectivity index (χ2v) is 7.85. The van der Waals surface area contributed by atoms with E-state index in [2.05, 4.69) is 15.2 Å². The molecule has 1 saturated heterocycles. The Kier molecular flexibility index (Phi) is 5.18. The summed E-state index contributed by atoms with van der Waals surface area (Å²) in [7, 11) is 3.44. The first-order valence-corrected chi connectivity index (χ1v) is 10.5. The fourth-order valence-electron chi connectivity index (χ4n) is 3.90. The van der Waals surface area contributed by atoms with Crippen LogP contribution < -0.4 is 4.74 Å². The van der Waals surface area contributed by atoms with Crippen molar-refractivity contribution in [2.24, 2.45) is 7.05 Å². The lowest BCUT2D eigenvalue weighted by Gasteiger charge is -2.36. The number of aromatic nitrogens is 4. The number of para-hydroxylation sites is 1. The average Bonchev–Trinajstić information content (AvgIpc) is 3.40. The van der Waals surface area contributed by atoms with Crippen LogP contribution in [-0.4, -0.2) is 50.9 Å².